The number of ether oxygens (including phenoxy) is 1. The Labute approximate surface area is 122 Å². The van der Waals surface area contributed by atoms with Crippen LogP contribution in [0.1, 0.15) is 21.6 Å². The van der Waals surface area contributed by atoms with E-state index in [0.717, 1.165) is 6.26 Å². The van der Waals surface area contributed by atoms with Gasteiger partial charge in [0.1, 0.15) is 0 Å². The monoisotopic (exact) mass is 309 g/mol. The number of carbonyl (C=O) groups excluding carboxylic acids is 1. The normalized spacial score (nSPS) is 11.4. The molecule has 0 spiro atoms. The Kier molecular flexibility index (Phi) is 3.87. The third-order valence-electron chi connectivity index (χ3n) is 3.11. The van der Waals surface area contributed by atoms with Crippen molar-refractivity contribution in [2.45, 2.75) is 18.7 Å². The van der Waals surface area contributed by atoms with Gasteiger partial charge >= 0.3 is 5.97 Å². The molecule has 0 N–H and O–H groups in total. The molecule has 112 valence electrons. The molecule has 7 heteroatoms. The van der Waals surface area contributed by atoms with Gasteiger partial charge in [-0.15, -0.1) is 0 Å². The zero-order valence-electron chi connectivity index (χ0n) is 12.1. The van der Waals surface area contributed by atoms with Crippen LogP contribution in [0.4, 0.5) is 0 Å². The van der Waals surface area contributed by atoms with Crippen LogP contribution in [0.2, 0.25) is 0 Å². The minimum Gasteiger partial charge on any atom is -0.465 e. The highest BCUT2D eigenvalue weighted by Gasteiger charge is 2.24. The highest BCUT2D eigenvalue weighted by atomic mass is 32.2. The van der Waals surface area contributed by atoms with Gasteiger partial charge in [0, 0.05) is 17.9 Å². The standard InChI is InChI=1S/C14H15NO5S/c1-8-7-11(20-15-8)13-9(2)10(14(16)19-3)5-6-12(13)21(4,17)18/h5-7H,1-4H3. The van der Waals surface area contributed by atoms with Crippen LogP contribution < -0.4 is 0 Å². The molecule has 0 bridgehead atoms. The van der Waals surface area contributed by atoms with Crippen molar-refractivity contribution in [2.75, 3.05) is 13.4 Å². The summed E-state index contributed by atoms with van der Waals surface area (Å²) < 4.78 is 33.8. The second kappa shape index (κ2) is 5.33. The van der Waals surface area contributed by atoms with E-state index < -0.39 is 15.8 Å². The summed E-state index contributed by atoms with van der Waals surface area (Å²) in [4.78, 5) is 11.9. The van der Waals surface area contributed by atoms with Crippen LogP contribution in [-0.4, -0.2) is 32.9 Å². The predicted molar refractivity (Wildman–Crippen MR) is 75.9 cm³/mol. The number of esters is 1. The molecule has 6 nitrogen and oxygen atoms in total. The van der Waals surface area contributed by atoms with Crippen LogP contribution in [0.25, 0.3) is 11.3 Å². The summed E-state index contributed by atoms with van der Waals surface area (Å²) in [7, 11) is -2.22. The molecule has 0 aliphatic carbocycles. The first-order chi connectivity index (χ1) is 9.75. The van der Waals surface area contributed by atoms with Crippen LogP contribution in [0.3, 0.4) is 0 Å². The molecule has 0 aliphatic rings. The van der Waals surface area contributed by atoms with Gasteiger partial charge in [-0.25, -0.2) is 13.2 Å². The van der Waals surface area contributed by atoms with Crippen molar-refractivity contribution in [2.24, 2.45) is 0 Å². The first-order valence-corrected chi connectivity index (χ1v) is 8.00. The predicted octanol–water partition coefficient (Wildman–Crippen LogP) is 2.15. The maximum absolute atomic E-state index is 12.0. The van der Waals surface area contributed by atoms with Gasteiger partial charge in [0.2, 0.25) is 0 Å². The molecule has 0 aliphatic heterocycles. The largest absolute Gasteiger partial charge is 0.465 e. The number of aryl methyl sites for hydroxylation is 1. The van der Waals surface area contributed by atoms with Gasteiger partial charge in [-0.3, -0.25) is 0 Å². The molecule has 1 aromatic carbocycles. The quantitative estimate of drug-likeness (QED) is 0.807. The second-order valence-electron chi connectivity index (χ2n) is 4.71. The molecule has 0 fully saturated rings. The van der Waals surface area contributed by atoms with Gasteiger partial charge in [-0.2, -0.15) is 0 Å². The fraction of sp³-hybridized carbons (Fsp3) is 0.286. The Hall–Kier alpha value is -2.15. The Morgan fingerprint density at radius 2 is 1.95 bits per heavy atom. The molecule has 2 rings (SSSR count). The molecular formula is C14H15NO5S. The maximum atomic E-state index is 12.0. The second-order valence-corrected chi connectivity index (χ2v) is 6.69. The van der Waals surface area contributed by atoms with E-state index in [2.05, 4.69) is 5.16 Å². The first kappa shape index (κ1) is 15.2. The number of benzene rings is 1. The average molecular weight is 309 g/mol. The zero-order chi connectivity index (χ0) is 15.8. The lowest BCUT2D eigenvalue weighted by Gasteiger charge is -2.12. The summed E-state index contributed by atoms with van der Waals surface area (Å²) in [6.07, 6.45) is 1.10. The van der Waals surface area contributed by atoms with Crippen LogP contribution >= 0.6 is 0 Å². The van der Waals surface area contributed by atoms with Crippen molar-refractivity contribution in [3.05, 3.63) is 35.0 Å². The molecule has 0 saturated carbocycles. The number of hydrogen-bond acceptors (Lipinski definition) is 6. The number of hydrogen-bond donors (Lipinski definition) is 0. The molecule has 0 saturated heterocycles. The van der Waals surface area contributed by atoms with Crippen molar-refractivity contribution >= 4 is 15.8 Å². The summed E-state index contributed by atoms with van der Waals surface area (Å²) in [5.41, 5.74) is 1.71. The number of aromatic nitrogens is 1. The fourth-order valence-corrected chi connectivity index (χ4v) is 3.05. The SMILES string of the molecule is COC(=O)c1ccc(S(C)(=O)=O)c(-c2cc(C)no2)c1C. The summed E-state index contributed by atoms with van der Waals surface area (Å²) in [6.45, 7) is 3.38. The van der Waals surface area contributed by atoms with Crippen LogP contribution in [-0.2, 0) is 14.6 Å². The molecule has 21 heavy (non-hydrogen) atoms. The number of nitrogens with zero attached hydrogens (tertiary/aromatic N) is 1. The number of rotatable bonds is 3. The van der Waals surface area contributed by atoms with E-state index in [4.69, 9.17) is 9.26 Å². The average Bonchev–Trinajstić information content (AvgIpc) is 2.82. The minimum absolute atomic E-state index is 0.0869. The molecule has 2 aromatic rings. The molecule has 0 unspecified atom stereocenters. The van der Waals surface area contributed by atoms with Crippen molar-refractivity contribution in [1.82, 2.24) is 5.16 Å². The third kappa shape index (κ3) is 2.82. The van der Waals surface area contributed by atoms with E-state index in [1.54, 1.807) is 19.9 Å². The van der Waals surface area contributed by atoms with Crippen LogP contribution in [0, 0.1) is 13.8 Å². The van der Waals surface area contributed by atoms with Crippen LogP contribution in [0.15, 0.2) is 27.6 Å². The summed E-state index contributed by atoms with van der Waals surface area (Å²) >= 11 is 0. The Balaban J connectivity index is 2.82. The van der Waals surface area contributed by atoms with Gasteiger partial charge < -0.3 is 9.26 Å². The van der Waals surface area contributed by atoms with E-state index in [9.17, 15) is 13.2 Å². The van der Waals surface area contributed by atoms with Gasteiger partial charge in [-0.05, 0) is 31.5 Å². The lowest BCUT2D eigenvalue weighted by Crippen LogP contribution is -2.08. The highest BCUT2D eigenvalue weighted by Crippen LogP contribution is 2.33. The summed E-state index contributed by atoms with van der Waals surface area (Å²) in [5.74, 6) is -0.235. The van der Waals surface area contributed by atoms with E-state index in [1.807, 2.05) is 0 Å². The lowest BCUT2D eigenvalue weighted by atomic mass is 10.0. The molecule has 1 heterocycles. The Morgan fingerprint density at radius 1 is 1.29 bits per heavy atom. The number of carbonyl (C=O) groups is 1. The Morgan fingerprint density at radius 3 is 2.43 bits per heavy atom. The van der Waals surface area contributed by atoms with Crippen molar-refractivity contribution in [3.63, 3.8) is 0 Å². The van der Waals surface area contributed by atoms with Crippen LogP contribution in [0.5, 0.6) is 0 Å². The number of methoxy groups -OCH3 is 1. The molecule has 0 atom stereocenters. The van der Waals surface area contributed by atoms with E-state index >= 15 is 0 Å². The van der Waals surface area contributed by atoms with Crippen molar-refractivity contribution < 1.29 is 22.5 Å². The van der Waals surface area contributed by atoms with Gasteiger partial charge in [0.25, 0.3) is 0 Å². The topological polar surface area (TPSA) is 86.5 Å². The maximum Gasteiger partial charge on any atom is 0.338 e. The third-order valence-corrected chi connectivity index (χ3v) is 4.25. The lowest BCUT2D eigenvalue weighted by molar-refractivity contribution is 0.0600. The molecule has 0 radical (unpaired) electrons. The fourth-order valence-electron chi connectivity index (χ4n) is 2.11. The smallest absolute Gasteiger partial charge is 0.338 e. The summed E-state index contributed by atoms with van der Waals surface area (Å²) in [6, 6.07) is 4.43. The zero-order valence-corrected chi connectivity index (χ0v) is 12.9. The highest BCUT2D eigenvalue weighted by molar-refractivity contribution is 7.90. The van der Waals surface area contributed by atoms with E-state index in [0.29, 0.717) is 22.6 Å². The minimum atomic E-state index is -3.48. The molecule has 0 amide bonds. The van der Waals surface area contributed by atoms with E-state index in [1.165, 1.54) is 19.2 Å². The van der Waals surface area contributed by atoms with Gasteiger partial charge in [0.15, 0.2) is 15.6 Å². The van der Waals surface area contributed by atoms with E-state index in [-0.39, 0.29) is 10.5 Å². The van der Waals surface area contributed by atoms with Crippen molar-refractivity contribution in [3.8, 4) is 11.3 Å². The first-order valence-electron chi connectivity index (χ1n) is 6.11. The Bertz CT molecular complexity index is 805. The summed E-state index contributed by atoms with van der Waals surface area (Å²) in [5, 5.41) is 3.77. The van der Waals surface area contributed by atoms with Gasteiger partial charge in [0.05, 0.1) is 23.3 Å². The number of sulfone groups is 1. The van der Waals surface area contributed by atoms with Gasteiger partial charge in [-0.1, -0.05) is 5.16 Å². The van der Waals surface area contributed by atoms with Crippen molar-refractivity contribution in [1.29, 1.82) is 0 Å². The molecule has 1 aromatic heterocycles. The molecular weight excluding hydrogens is 294 g/mol.